The lowest BCUT2D eigenvalue weighted by atomic mass is 10.1. The van der Waals surface area contributed by atoms with Crippen molar-refractivity contribution >= 4 is 11.6 Å². The van der Waals surface area contributed by atoms with Crippen molar-refractivity contribution in [3.63, 3.8) is 0 Å². The highest BCUT2D eigenvalue weighted by molar-refractivity contribution is 6.01. The number of hydrogen-bond acceptors (Lipinski definition) is 6. The summed E-state index contributed by atoms with van der Waals surface area (Å²) >= 11 is 0. The zero-order valence-electron chi connectivity index (χ0n) is 11.6. The Morgan fingerprint density at radius 2 is 1.50 bits per heavy atom. The molecule has 5 N–H and O–H groups in total. The highest BCUT2D eigenvalue weighted by Crippen LogP contribution is 2.35. The number of hydrazone groups is 1. The second-order valence-corrected chi connectivity index (χ2v) is 4.55. The third-order valence-electron chi connectivity index (χ3n) is 2.94. The van der Waals surface area contributed by atoms with Crippen LogP contribution in [0.15, 0.2) is 41.5 Å². The fourth-order valence-corrected chi connectivity index (χ4v) is 1.70. The number of carbonyl (C=O) groups is 1. The van der Waals surface area contributed by atoms with Gasteiger partial charge >= 0.3 is 0 Å². The summed E-state index contributed by atoms with van der Waals surface area (Å²) in [7, 11) is 0. The molecule has 0 spiro atoms. The molecule has 0 aliphatic heterocycles. The van der Waals surface area contributed by atoms with Crippen LogP contribution in [0.3, 0.4) is 0 Å². The average molecular weight is 302 g/mol. The van der Waals surface area contributed by atoms with Crippen molar-refractivity contribution < 1.29 is 25.2 Å². The fourth-order valence-electron chi connectivity index (χ4n) is 1.70. The van der Waals surface area contributed by atoms with Crippen LogP contribution in [0.25, 0.3) is 0 Å². The lowest BCUT2D eigenvalue weighted by Gasteiger charge is -2.06. The number of nitrogens with zero attached hydrogens (tertiary/aromatic N) is 1. The molecule has 0 unspecified atom stereocenters. The van der Waals surface area contributed by atoms with Gasteiger partial charge in [0.2, 0.25) is 0 Å². The summed E-state index contributed by atoms with van der Waals surface area (Å²) in [5, 5.41) is 41.0. The maximum absolute atomic E-state index is 11.9. The number of benzene rings is 2. The molecule has 0 radical (unpaired) electrons. The summed E-state index contributed by atoms with van der Waals surface area (Å²) in [6.45, 7) is 1.67. The third-order valence-corrected chi connectivity index (χ3v) is 2.94. The van der Waals surface area contributed by atoms with E-state index in [2.05, 4.69) is 10.5 Å². The van der Waals surface area contributed by atoms with Gasteiger partial charge in [-0.05, 0) is 48.9 Å². The van der Waals surface area contributed by atoms with Gasteiger partial charge in [0.05, 0.1) is 5.71 Å². The normalized spacial score (nSPS) is 11.2. The lowest BCUT2D eigenvalue weighted by molar-refractivity contribution is 0.0954. The Morgan fingerprint density at radius 3 is 2.05 bits per heavy atom. The Morgan fingerprint density at radius 1 is 0.955 bits per heavy atom. The van der Waals surface area contributed by atoms with Crippen LogP contribution in [0.4, 0.5) is 0 Å². The number of phenols is 4. The van der Waals surface area contributed by atoms with Gasteiger partial charge in [-0.15, -0.1) is 0 Å². The van der Waals surface area contributed by atoms with Gasteiger partial charge in [0.1, 0.15) is 5.75 Å². The first-order chi connectivity index (χ1) is 10.4. The molecule has 1 amide bonds. The van der Waals surface area contributed by atoms with Crippen LogP contribution >= 0.6 is 0 Å². The van der Waals surface area contributed by atoms with E-state index in [4.69, 9.17) is 0 Å². The number of amides is 1. The molecule has 0 saturated heterocycles. The largest absolute Gasteiger partial charge is 0.508 e. The Hall–Kier alpha value is -3.22. The minimum Gasteiger partial charge on any atom is -0.508 e. The van der Waals surface area contributed by atoms with E-state index in [-0.39, 0.29) is 11.3 Å². The van der Waals surface area contributed by atoms with E-state index in [0.717, 1.165) is 12.1 Å². The smallest absolute Gasteiger partial charge is 0.271 e. The van der Waals surface area contributed by atoms with Crippen LogP contribution in [-0.2, 0) is 0 Å². The molecule has 0 saturated carbocycles. The van der Waals surface area contributed by atoms with Crippen LogP contribution in [0.2, 0.25) is 0 Å². The molecule has 2 aromatic rings. The van der Waals surface area contributed by atoms with E-state index in [1.54, 1.807) is 19.1 Å². The third kappa shape index (κ3) is 3.26. The summed E-state index contributed by atoms with van der Waals surface area (Å²) in [6, 6.07) is 8.28. The topological polar surface area (TPSA) is 122 Å². The number of carbonyl (C=O) groups excluding carboxylic acids is 1. The Labute approximate surface area is 125 Å². The molecule has 0 fully saturated rings. The quantitative estimate of drug-likeness (QED) is 0.335. The minimum atomic E-state index is -0.694. The van der Waals surface area contributed by atoms with Gasteiger partial charge in [0.25, 0.3) is 5.91 Å². The predicted molar refractivity (Wildman–Crippen MR) is 79.2 cm³/mol. The first-order valence-electron chi connectivity index (χ1n) is 6.27. The second-order valence-electron chi connectivity index (χ2n) is 4.55. The lowest BCUT2D eigenvalue weighted by Crippen LogP contribution is -2.19. The standard InChI is InChI=1S/C15H14N2O5/c1-8(9-2-4-11(18)5-3-9)16-17-15(22)10-6-12(19)14(21)13(20)7-10/h2-7,18-21H,1H3,(H,17,22). The van der Waals surface area contributed by atoms with Gasteiger partial charge in [-0.1, -0.05) is 0 Å². The molecule has 0 aliphatic carbocycles. The van der Waals surface area contributed by atoms with Crippen molar-refractivity contribution in [1.29, 1.82) is 0 Å². The maximum Gasteiger partial charge on any atom is 0.271 e. The molecule has 7 heteroatoms. The first-order valence-corrected chi connectivity index (χ1v) is 6.27. The summed E-state index contributed by atoms with van der Waals surface area (Å²) in [5.74, 6) is -2.45. The maximum atomic E-state index is 11.9. The molecule has 0 atom stereocenters. The van der Waals surface area contributed by atoms with Crippen LogP contribution in [0.1, 0.15) is 22.8 Å². The van der Waals surface area contributed by atoms with Gasteiger partial charge in [0, 0.05) is 5.56 Å². The molecule has 0 heterocycles. The summed E-state index contributed by atoms with van der Waals surface area (Å²) in [4.78, 5) is 11.9. The van der Waals surface area contributed by atoms with Crippen molar-refractivity contribution in [2.75, 3.05) is 0 Å². The number of hydrogen-bond donors (Lipinski definition) is 5. The van der Waals surface area contributed by atoms with Gasteiger partial charge in [-0.2, -0.15) is 5.10 Å². The van der Waals surface area contributed by atoms with Crippen molar-refractivity contribution in [1.82, 2.24) is 5.43 Å². The number of aromatic hydroxyl groups is 4. The van der Waals surface area contributed by atoms with Crippen LogP contribution < -0.4 is 5.43 Å². The van der Waals surface area contributed by atoms with Crippen LogP contribution in [-0.4, -0.2) is 32.0 Å². The zero-order chi connectivity index (χ0) is 16.3. The Kier molecular flexibility index (Phi) is 4.17. The molecule has 22 heavy (non-hydrogen) atoms. The molecule has 7 nitrogen and oxygen atoms in total. The van der Waals surface area contributed by atoms with E-state index in [1.165, 1.54) is 12.1 Å². The molecular formula is C15H14N2O5. The number of nitrogens with one attached hydrogen (secondary N) is 1. The zero-order valence-corrected chi connectivity index (χ0v) is 11.6. The van der Waals surface area contributed by atoms with Crippen molar-refractivity contribution in [2.45, 2.75) is 6.92 Å². The molecule has 0 aliphatic rings. The van der Waals surface area contributed by atoms with E-state index in [1.807, 2.05) is 0 Å². The van der Waals surface area contributed by atoms with Gasteiger partial charge in [-0.25, -0.2) is 5.43 Å². The minimum absolute atomic E-state index is 0.0601. The van der Waals surface area contributed by atoms with Crippen LogP contribution in [0.5, 0.6) is 23.0 Å². The van der Waals surface area contributed by atoms with Crippen molar-refractivity contribution in [2.24, 2.45) is 5.10 Å². The molecule has 0 aromatic heterocycles. The highest BCUT2D eigenvalue weighted by Gasteiger charge is 2.13. The summed E-state index contributed by atoms with van der Waals surface area (Å²) < 4.78 is 0. The first kappa shape index (κ1) is 15.2. The number of rotatable bonds is 3. The monoisotopic (exact) mass is 302 g/mol. The van der Waals surface area contributed by atoms with E-state index < -0.39 is 23.2 Å². The van der Waals surface area contributed by atoms with Crippen molar-refractivity contribution in [3.05, 3.63) is 47.5 Å². The van der Waals surface area contributed by atoms with E-state index >= 15 is 0 Å². The van der Waals surface area contributed by atoms with E-state index in [0.29, 0.717) is 11.3 Å². The second kappa shape index (κ2) is 6.04. The highest BCUT2D eigenvalue weighted by atomic mass is 16.3. The Bertz CT molecular complexity index is 715. The average Bonchev–Trinajstić information content (AvgIpc) is 2.50. The fraction of sp³-hybridized carbons (Fsp3) is 0.0667. The SMILES string of the molecule is CC(=NNC(=O)c1cc(O)c(O)c(O)c1)c1ccc(O)cc1. The Balaban J connectivity index is 2.15. The van der Waals surface area contributed by atoms with Gasteiger partial charge in [0.15, 0.2) is 17.2 Å². The van der Waals surface area contributed by atoms with Gasteiger partial charge in [-0.3, -0.25) is 4.79 Å². The summed E-state index contributed by atoms with van der Waals surface area (Å²) in [5.41, 5.74) is 3.41. The molecule has 114 valence electrons. The molecule has 2 rings (SSSR count). The van der Waals surface area contributed by atoms with Crippen LogP contribution in [0, 0.1) is 0 Å². The molecule has 0 bridgehead atoms. The summed E-state index contributed by atoms with van der Waals surface area (Å²) in [6.07, 6.45) is 0. The molecule has 2 aromatic carbocycles. The van der Waals surface area contributed by atoms with Gasteiger partial charge < -0.3 is 20.4 Å². The van der Waals surface area contributed by atoms with E-state index in [9.17, 15) is 25.2 Å². The van der Waals surface area contributed by atoms with Crippen molar-refractivity contribution in [3.8, 4) is 23.0 Å². The predicted octanol–water partition coefficient (Wildman–Crippen LogP) is 1.66. The number of phenolic OH excluding ortho intramolecular Hbond substituents is 4. The molecular weight excluding hydrogens is 288 g/mol.